The highest BCUT2D eigenvalue weighted by Crippen LogP contribution is 2.37. The van der Waals surface area contributed by atoms with Gasteiger partial charge >= 0.3 is 0 Å². The zero-order valence-corrected chi connectivity index (χ0v) is 11.5. The van der Waals surface area contributed by atoms with Crippen molar-refractivity contribution in [2.24, 2.45) is 5.41 Å². The maximum atomic E-state index is 9.65. The Bertz CT molecular complexity index is 160. The summed E-state index contributed by atoms with van der Waals surface area (Å²) >= 11 is 7.85. The van der Waals surface area contributed by atoms with E-state index < -0.39 is 6.10 Å². The molecule has 0 fully saturated rings. The summed E-state index contributed by atoms with van der Waals surface area (Å²) in [6.45, 7) is 5.99. The smallest absolute Gasteiger partial charge is 0.116 e. The van der Waals surface area contributed by atoms with E-state index >= 15 is 0 Å². The second-order valence-corrected chi connectivity index (χ2v) is 6.73. The summed E-state index contributed by atoms with van der Waals surface area (Å²) in [4.78, 5) is 0. The van der Waals surface area contributed by atoms with Crippen molar-refractivity contribution in [1.29, 1.82) is 0 Å². The minimum Gasteiger partial charge on any atom is -0.391 e. The van der Waals surface area contributed by atoms with Crippen LogP contribution < -0.4 is 0 Å². The van der Waals surface area contributed by atoms with Gasteiger partial charge in [0, 0.05) is 13.0 Å². The Morgan fingerprint density at radius 2 is 1.92 bits per heavy atom. The average Bonchev–Trinajstić information content (AvgIpc) is 2.01. The molecule has 0 aromatic heterocycles. The van der Waals surface area contributed by atoms with Gasteiger partial charge in [0.1, 0.15) is 3.61 Å². The lowest BCUT2D eigenvalue weighted by molar-refractivity contribution is 0.00308. The number of ether oxygens (including phenoxy) is 1. The van der Waals surface area contributed by atoms with Gasteiger partial charge in [0.2, 0.25) is 0 Å². The monoisotopic (exact) mass is 320 g/mol. The fourth-order valence-corrected chi connectivity index (χ4v) is 2.61. The first-order valence-corrected chi connectivity index (χ1v) is 5.84. The molecular weight excluding hydrogens is 302 g/mol. The van der Waals surface area contributed by atoms with Gasteiger partial charge in [-0.1, -0.05) is 13.8 Å². The minimum atomic E-state index is -0.488. The third kappa shape index (κ3) is 4.81. The van der Waals surface area contributed by atoms with E-state index in [9.17, 15) is 5.11 Å². The maximum Gasteiger partial charge on any atom is 0.116 e. The highest BCUT2D eigenvalue weighted by molar-refractivity contribution is 14.1. The molecule has 0 rings (SSSR count). The first-order chi connectivity index (χ1) is 5.75. The van der Waals surface area contributed by atoms with Gasteiger partial charge in [-0.15, -0.1) is 11.6 Å². The van der Waals surface area contributed by atoms with E-state index in [1.807, 2.05) is 20.8 Å². The molecule has 0 spiro atoms. The Morgan fingerprint density at radius 3 is 2.23 bits per heavy atom. The zero-order valence-electron chi connectivity index (χ0n) is 8.60. The van der Waals surface area contributed by atoms with Crippen LogP contribution in [0.5, 0.6) is 0 Å². The topological polar surface area (TPSA) is 29.5 Å². The van der Waals surface area contributed by atoms with E-state index in [-0.39, 0.29) is 14.9 Å². The van der Waals surface area contributed by atoms with E-state index in [0.29, 0.717) is 0 Å². The molecule has 1 N–H and O–H groups in total. The fraction of sp³-hybridized carbons (Fsp3) is 1.00. The summed E-state index contributed by atoms with van der Waals surface area (Å²) < 4.78 is 5.06. The molecule has 0 aromatic rings. The van der Waals surface area contributed by atoms with Crippen molar-refractivity contribution in [3.8, 4) is 0 Å². The SMILES string of the molecule is COC(C)(I)CC(C)(C)[C@@H](O)CCl. The number of rotatable bonds is 5. The van der Waals surface area contributed by atoms with Crippen LogP contribution in [-0.2, 0) is 4.74 Å². The van der Waals surface area contributed by atoms with Gasteiger partial charge in [-0.05, 0) is 41.4 Å². The minimum absolute atomic E-state index is 0.215. The van der Waals surface area contributed by atoms with Crippen LogP contribution in [0.1, 0.15) is 27.2 Å². The first kappa shape index (κ1) is 13.9. The summed E-state index contributed by atoms with van der Waals surface area (Å²) in [5.74, 6) is 0.267. The second-order valence-electron chi connectivity index (χ2n) is 4.14. The molecule has 0 aliphatic heterocycles. The summed E-state index contributed by atoms with van der Waals surface area (Å²) in [6, 6.07) is 0. The molecule has 13 heavy (non-hydrogen) atoms. The summed E-state index contributed by atoms with van der Waals surface area (Å²) in [5.41, 5.74) is -0.215. The van der Waals surface area contributed by atoms with Crippen LogP contribution >= 0.6 is 34.2 Å². The molecule has 0 saturated heterocycles. The molecule has 0 heterocycles. The van der Waals surface area contributed by atoms with Crippen LogP contribution in [0.25, 0.3) is 0 Å². The van der Waals surface area contributed by atoms with Crippen LogP contribution in [0.15, 0.2) is 0 Å². The van der Waals surface area contributed by atoms with Gasteiger partial charge in [0.15, 0.2) is 0 Å². The van der Waals surface area contributed by atoms with Crippen LogP contribution in [0.4, 0.5) is 0 Å². The van der Waals surface area contributed by atoms with Gasteiger partial charge in [-0.2, -0.15) is 0 Å². The zero-order chi connectivity index (χ0) is 10.7. The predicted octanol–water partition coefficient (Wildman–Crippen LogP) is 2.80. The maximum absolute atomic E-state index is 9.65. The Hall–Kier alpha value is 0.940. The molecule has 2 nitrogen and oxygen atoms in total. The Kier molecular flexibility index (Phi) is 5.51. The van der Waals surface area contributed by atoms with E-state index in [2.05, 4.69) is 22.6 Å². The van der Waals surface area contributed by atoms with Crippen LogP contribution in [0.3, 0.4) is 0 Å². The lowest BCUT2D eigenvalue weighted by atomic mass is 9.82. The number of aliphatic hydroxyl groups excluding tert-OH is 1. The number of hydrogen-bond donors (Lipinski definition) is 1. The van der Waals surface area contributed by atoms with Crippen LogP contribution in [-0.4, -0.2) is 27.8 Å². The number of alkyl halides is 2. The molecule has 2 atom stereocenters. The molecule has 0 aromatic carbocycles. The number of hydrogen-bond acceptors (Lipinski definition) is 2. The molecule has 0 amide bonds. The van der Waals surface area contributed by atoms with Crippen molar-refractivity contribution in [1.82, 2.24) is 0 Å². The Balaban J connectivity index is 4.32. The molecule has 0 aliphatic rings. The lowest BCUT2D eigenvalue weighted by Crippen LogP contribution is -2.37. The van der Waals surface area contributed by atoms with Crippen molar-refractivity contribution in [2.45, 2.75) is 36.9 Å². The largest absolute Gasteiger partial charge is 0.391 e. The van der Waals surface area contributed by atoms with Crippen molar-refractivity contribution in [3.63, 3.8) is 0 Å². The van der Waals surface area contributed by atoms with E-state index in [4.69, 9.17) is 16.3 Å². The second kappa shape index (κ2) is 5.14. The fourth-order valence-electron chi connectivity index (χ4n) is 1.21. The average molecular weight is 321 g/mol. The highest BCUT2D eigenvalue weighted by atomic mass is 127. The normalized spacial score (nSPS) is 19.6. The Labute approximate surface area is 99.1 Å². The van der Waals surface area contributed by atoms with Crippen molar-refractivity contribution >= 4 is 34.2 Å². The molecule has 80 valence electrons. The molecule has 1 unspecified atom stereocenters. The molecule has 0 aliphatic carbocycles. The van der Waals surface area contributed by atoms with E-state index in [0.717, 1.165) is 6.42 Å². The van der Waals surface area contributed by atoms with E-state index in [1.165, 1.54) is 0 Å². The van der Waals surface area contributed by atoms with Gasteiger partial charge in [-0.3, -0.25) is 0 Å². The third-order valence-electron chi connectivity index (χ3n) is 2.25. The molecule has 0 radical (unpaired) electrons. The lowest BCUT2D eigenvalue weighted by Gasteiger charge is -2.35. The molecule has 4 heteroatoms. The summed E-state index contributed by atoms with van der Waals surface area (Å²) in [6.07, 6.45) is 0.281. The third-order valence-corrected chi connectivity index (χ3v) is 3.36. The van der Waals surface area contributed by atoms with Crippen LogP contribution in [0, 0.1) is 5.41 Å². The van der Waals surface area contributed by atoms with Crippen LogP contribution in [0.2, 0.25) is 0 Å². The number of methoxy groups -OCH3 is 1. The standard InChI is InChI=1S/C9H18ClIO2/c1-8(2,7(12)5-10)6-9(3,11)13-4/h7,12H,5-6H2,1-4H3/t7-,9?/m0/s1. The van der Waals surface area contributed by atoms with Gasteiger partial charge in [-0.25, -0.2) is 0 Å². The molecular formula is C9H18ClIO2. The summed E-state index contributed by atoms with van der Waals surface area (Å²) in [5, 5.41) is 9.65. The van der Waals surface area contributed by atoms with Crippen molar-refractivity contribution in [3.05, 3.63) is 0 Å². The number of halogens is 2. The number of aliphatic hydroxyl groups is 1. The van der Waals surface area contributed by atoms with Gasteiger partial charge in [0.25, 0.3) is 0 Å². The summed E-state index contributed by atoms with van der Waals surface area (Å²) in [7, 11) is 1.68. The predicted molar refractivity (Wildman–Crippen MR) is 64.6 cm³/mol. The van der Waals surface area contributed by atoms with Crippen molar-refractivity contribution < 1.29 is 9.84 Å². The van der Waals surface area contributed by atoms with Gasteiger partial charge < -0.3 is 9.84 Å². The molecule has 0 bridgehead atoms. The quantitative estimate of drug-likeness (QED) is 0.623. The van der Waals surface area contributed by atoms with Gasteiger partial charge in [0.05, 0.1) is 6.10 Å². The highest BCUT2D eigenvalue weighted by Gasteiger charge is 2.35. The van der Waals surface area contributed by atoms with E-state index in [1.54, 1.807) is 7.11 Å². The van der Waals surface area contributed by atoms with Crippen molar-refractivity contribution in [2.75, 3.05) is 13.0 Å². The Morgan fingerprint density at radius 1 is 1.46 bits per heavy atom. The first-order valence-electron chi connectivity index (χ1n) is 4.23. The molecule has 0 saturated carbocycles.